The van der Waals surface area contributed by atoms with Crippen molar-refractivity contribution in [3.8, 4) is 0 Å². The monoisotopic (exact) mass is 335 g/mol. The van der Waals surface area contributed by atoms with E-state index < -0.39 is 5.91 Å². The number of anilines is 1. The molecule has 0 saturated carbocycles. The summed E-state index contributed by atoms with van der Waals surface area (Å²) >= 11 is 7.40. The van der Waals surface area contributed by atoms with Gasteiger partial charge in [0.2, 0.25) is 5.91 Å². The standard InChI is InChI=1S/C15H14ClN3O2S/c1-22-12-4-2-11(3-5-12)19-14(20)9-18-15(21)13-8-10(16)6-7-17-13/h2-8H,9H2,1H3,(H,18,21)(H,19,20). The summed E-state index contributed by atoms with van der Waals surface area (Å²) in [4.78, 5) is 28.6. The van der Waals surface area contributed by atoms with Gasteiger partial charge in [0.15, 0.2) is 0 Å². The lowest BCUT2D eigenvalue weighted by Gasteiger charge is -2.07. The third kappa shape index (κ3) is 4.75. The van der Waals surface area contributed by atoms with Gasteiger partial charge >= 0.3 is 0 Å². The van der Waals surface area contributed by atoms with Gasteiger partial charge in [0.1, 0.15) is 5.69 Å². The van der Waals surface area contributed by atoms with Gasteiger partial charge in [0.25, 0.3) is 5.91 Å². The molecule has 0 saturated heterocycles. The molecule has 0 aliphatic heterocycles. The molecule has 2 aromatic rings. The maximum Gasteiger partial charge on any atom is 0.270 e. The molecule has 0 spiro atoms. The number of hydrogen-bond acceptors (Lipinski definition) is 4. The van der Waals surface area contributed by atoms with E-state index in [0.29, 0.717) is 10.7 Å². The van der Waals surface area contributed by atoms with E-state index in [1.165, 1.54) is 12.3 Å². The van der Waals surface area contributed by atoms with Crippen LogP contribution in [-0.4, -0.2) is 29.6 Å². The minimum Gasteiger partial charge on any atom is -0.342 e. The van der Waals surface area contributed by atoms with Gasteiger partial charge in [0, 0.05) is 21.8 Å². The predicted molar refractivity (Wildman–Crippen MR) is 88.4 cm³/mol. The summed E-state index contributed by atoms with van der Waals surface area (Å²) in [6.07, 6.45) is 3.41. The number of carbonyl (C=O) groups is 2. The second kappa shape index (κ2) is 7.82. The lowest BCUT2D eigenvalue weighted by Crippen LogP contribution is -2.33. The average Bonchev–Trinajstić information content (AvgIpc) is 2.53. The molecule has 0 radical (unpaired) electrons. The maximum absolute atomic E-state index is 11.8. The summed E-state index contributed by atoms with van der Waals surface area (Å²) in [7, 11) is 0. The predicted octanol–water partition coefficient (Wildman–Crippen LogP) is 2.83. The zero-order chi connectivity index (χ0) is 15.9. The Bertz CT molecular complexity index is 677. The van der Waals surface area contributed by atoms with Crippen molar-refractivity contribution in [1.82, 2.24) is 10.3 Å². The number of nitrogens with zero attached hydrogens (tertiary/aromatic N) is 1. The smallest absolute Gasteiger partial charge is 0.270 e. The number of pyridine rings is 1. The van der Waals surface area contributed by atoms with Crippen LogP contribution in [0.2, 0.25) is 5.02 Å². The molecule has 22 heavy (non-hydrogen) atoms. The van der Waals surface area contributed by atoms with E-state index in [9.17, 15) is 9.59 Å². The topological polar surface area (TPSA) is 71.1 Å². The fourth-order valence-corrected chi connectivity index (χ4v) is 2.23. The van der Waals surface area contributed by atoms with Crippen LogP contribution in [0.1, 0.15) is 10.5 Å². The van der Waals surface area contributed by atoms with Gasteiger partial charge in [-0.25, -0.2) is 0 Å². The number of aromatic nitrogens is 1. The molecule has 2 N–H and O–H groups in total. The van der Waals surface area contributed by atoms with Crippen LogP contribution < -0.4 is 10.6 Å². The Balaban J connectivity index is 1.85. The largest absolute Gasteiger partial charge is 0.342 e. The Morgan fingerprint density at radius 2 is 1.95 bits per heavy atom. The summed E-state index contributed by atoms with van der Waals surface area (Å²) in [5.74, 6) is -0.761. The van der Waals surface area contributed by atoms with Crippen LogP contribution in [0.25, 0.3) is 0 Å². The van der Waals surface area contributed by atoms with Crippen molar-refractivity contribution in [2.45, 2.75) is 4.90 Å². The lowest BCUT2D eigenvalue weighted by molar-refractivity contribution is -0.115. The average molecular weight is 336 g/mol. The second-order valence-corrected chi connectivity index (χ2v) is 5.63. The van der Waals surface area contributed by atoms with Gasteiger partial charge < -0.3 is 10.6 Å². The van der Waals surface area contributed by atoms with Crippen LogP contribution in [0.3, 0.4) is 0 Å². The summed E-state index contributed by atoms with van der Waals surface area (Å²) in [5, 5.41) is 5.61. The number of hydrogen-bond donors (Lipinski definition) is 2. The molecule has 1 heterocycles. The zero-order valence-electron chi connectivity index (χ0n) is 11.8. The zero-order valence-corrected chi connectivity index (χ0v) is 13.4. The molecule has 0 fully saturated rings. The number of amides is 2. The highest BCUT2D eigenvalue weighted by molar-refractivity contribution is 7.98. The number of benzene rings is 1. The molecule has 7 heteroatoms. The summed E-state index contributed by atoms with van der Waals surface area (Å²) in [6.45, 7) is -0.142. The normalized spacial score (nSPS) is 10.1. The van der Waals surface area contributed by atoms with E-state index in [-0.39, 0.29) is 18.1 Å². The first-order valence-electron chi connectivity index (χ1n) is 6.42. The van der Waals surface area contributed by atoms with Crippen LogP contribution >= 0.6 is 23.4 Å². The summed E-state index contributed by atoms with van der Waals surface area (Å²) in [6, 6.07) is 10.5. The first kappa shape index (κ1) is 16.3. The Hall–Kier alpha value is -2.05. The molecule has 5 nitrogen and oxygen atoms in total. The molecular weight excluding hydrogens is 322 g/mol. The lowest BCUT2D eigenvalue weighted by atomic mass is 10.3. The molecule has 0 atom stereocenters. The Labute approximate surface area is 137 Å². The molecule has 114 valence electrons. The highest BCUT2D eigenvalue weighted by atomic mass is 35.5. The van der Waals surface area contributed by atoms with Crippen molar-refractivity contribution >= 4 is 40.9 Å². The molecule has 2 rings (SSSR count). The van der Waals surface area contributed by atoms with Crippen LogP contribution in [0.5, 0.6) is 0 Å². The molecule has 0 aliphatic carbocycles. The number of nitrogens with one attached hydrogen (secondary N) is 2. The Morgan fingerprint density at radius 3 is 2.59 bits per heavy atom. The Kier molecular flexibility index (Phi) is 5.80. The van der Waals surface area contributed by atoms with E-state index in [1.807, 2.05) is 30.5 Å². The van der Waals surface area contributed by atoms with Crippen molar-refractivity contribution < 1.29 is 9.59 Å². The van der Waals surface area contributed by atoms with Gasteiger partial charge in [-0.15, -0.1) is 11.8 Å². The van der Waals surface area contributed by atoms with Crippen LogP contribution in [0.4, 0.5) is 5.69 Å². The number of thioether (sulfide) groups is 1. The fraction of sp³-hybridized carbons (Fsp3) is 0.133. The minimum absolute atomic E-state index is 0.142. The van der Waals surface area contributed by atoms with Gasteiger partial charge in [-0.3, -0.25) is 14.6 Å². The van der Waals surface area contributed by atoms with E-state index in [1.54, 1.807) is 17.8 Å². The fourth-order valence-electron chi connectivity index (χ4n) is 1.66. The van der Waals surface area contributed by atoms with Gasteiger partial charge in [-0.1, -0.05) is 11.6 Å². The molecule has 1 aromatic carbocycles. The van der Waals surface area contributed by atoms with Gasteiger partial charge in [-0.05, 0) is 42.7 Å². The maximum atomic E-state index is 11.8. The highest BCUT2D eigenvalue weighted by Crippen LogP contribution is 2.17. The number of halogens is 1. The SMILES string of the molecule is CSc1ccc(NC(=O)CNC(=O)c2cc(Cl)ccn2)cc1. The van der Waals surface area contributed by atoms with Crippen LogP contribution in [0.15, 0.2) is 47.5 Å². The summed E-state index contributed by atoms with van der Waals surface area (Å²) < 4.78 is 0. The first-order valence-corrected chi connectivity index (χ1v) is 8.02. The van der Waals surface area contributed by atoms with Crippen molar-refractivity contribution in [2.75, 3.05) is 18.1 Å². The van der Waals surface area contributed by atoms with Crippen LogP contribution in [-0.2, 0) is 4.79 Å². The second-order valence-electron chi connectivity index (χ2n) is 4.32. The molecular formula is C15H14ClN3O2S. The van der Waals surface area contributed by atoms with Crippen molar-refractivity contribution in [3.63, 3.8) is 0 Å². The quantitative estimate of drug-likeness (QED) is 0.824. The summed E-state index contributed by atoms with van der Waals surface area (Å²) in [5.41, 5.74) is 0.850. The van der Waals surface area contributed by atoms with E-state index in [2.05, 4.69) is 15.6 Å². The molecule has 0 unspecified atom stereocenters. The highest BCUT2D eigenvalue weighted by Gasteiger charge is 2.09. The minimum atomic E-state index is -0.449. The van der Waals surface area contributed by atoms with E-state index in [0.717, 1.165) is 4.90 Å². The molecule has 0 bridgehead atoms. The third-order valence-corrected chi connectivity index (χ3v) is 3.72. The molecule has 0 aliphatic rings. The molecule has 2 amide bonds. The Morgan fingerprint density at radius 1 is 1.23 bits per heavy atom. The van der Waals surface area contributed by atoms with Gasteiger partial charge in [0.05, 0.1) is 6.54 Å². The van der Waals surface area contributed by atoms with Crippen molar-refractivity contribution in [2.24, 2.45) is 0 Å². The van der Waals surface area contributed by atoms with Crippen molar-refractivity contribution in [1.29, 1.82) is 0 Å². The van der Waals surface area contributed by atoms with Gasteiger partial charge in [-0.2, -0.15) is 0 Å². The molecule has 1 aromatic heterocycles. The van der Waals surface area contributed by atoms with Crippen molar-refractivity contribution in [3.05, 3.63) is 53.3 Å². The first-order chi connectivity index (χ1) is 10.6. The van der Waals surface area contributed by atoms with E-state index >= 15 is 0 Å². The van der Waals surface area contributed by atoms with E-state index in [4.69, 9.17) is 11.6 Å². The van der Waals surface area contributed by atoms with Crippen LogP contribution in [0, 0.1) is 0 Å². The number of rotatable bonds is 5. The number of carbonyl (C=O) groups excluding carboxylic acids is 2. The third-order valence-electron chi connectivity index (χ3n) is 2.74.